The lowest BCUT2D eigenvalue weighted by atomic mass is 10.0. The molecule has 0 aliphatic carbocycles. The molecule has 0 radical (unpaired) electrons. The van der Waals surface area contributed by atoms with Crippen molar-refractivity contribution in [2.45, 2.75) is 25.3 Å². The minimum absolute atomic E-state index is 0.0642. The van der Waals surface area contributed by atoms with Crippen LogP contribution in [0.2, 0.25) is 0 Å². The third-order valence-electron chi connectivity index (χ3n) is 3.56. The van der Waals surface area contributed by atoms with Crippen LogP contribution in [0.5, 0.6) is 11.5 Å². The summed E-state index contributed by atoms with van der Waals surface area (Å²) in [5.74, 6) is 1.28. The van der Waals surface area contributed by atoms with E-state index in [2.05, 4.69) is 10.6 Å². The molecule has 1 atom stereocenters. The number of hydrogen-bond donors (Lipinski definition) is 2. The van der Waals surface area contributed by atoms with E-state index in [1.54, 1.807) is 18.2 Å². The molecule has 0 bridgehead atoms. The lowest BCUT2D eigenvalue weighted by molar-refractivity contribution is 0.0947. The van der Waals surface area contributed by atoms with Gasteiger partial charge in [0.25, 0.3) is 5.91 Å². The van der Waals surface area contributed by atoms with E-state index in [0.29, 0.717) is 29.6 Å². The normalized spacial score (nSPS) is 21.2. The van der Waals surface area contributed by atoms with Gasteiger partial charge in [-0.3, -0.25) is 4.79 Å². The number of benzene rings is 1. The van der Waals surface area contributed by atoms with Crippen LogP contribution in [0.3, 0.4) is 0 Å². The van der Waals surface area contributed by atoms with E-state index >= 15 is 0 Å². The molecule has 3 rings (SSSR count). The molecule has 0 aromatic heterocycles. The van der Waals surface area contributed by atoms with Gasteiger partial charge in [0.15, 0.2) is 11.5 Å². The van der Waals surface area contributed by atoms with Crippen molar-refractivity contribution < 1.29 is 14.3 Å². The molecule has 1 aromatic carbocycles. The van der Waals surface area contributed by atoms with Gasteiger partial charge >= 0.3 is 0 Å². The highest BCUT2D eigenvalue weighted by atomic mass is 16.7. The molecular weight excluding hydrogens is 244 g/mol. The van der Waals surface area contributed by atoms with Crippen LogP contribution >= 0.6 is 0 Å². The molecule has 1 aromatic rings. The van der Waals surface area contributed by atoms with Gasteiger partial charge in [-0.2, -0.15) is 0 Å². The number of piperidine rings is 1. The zero-order valence-electron chi connectivity index (χ0n) is 10.8. The Morgan fingerprint density at radius 3 is 3.05 bits per heavy atom. The van der Waals surface area contributed by atoms with Crippen LogP contribution in [-0.2, 0) is 0 Å². The molecule has 1 saturated heterocycles. The molecule has 5 heteroatoms. The highest BCUT2D eigenvalue weighted by molar-refractivity contribution is 5.94. The predicted octanol–water partition coefficient (Wildman–Crippen LogP) is 1.29. The number of fused-ring (bicyclic) bond motifs is 1. The first kappa shape index (κ1) is 12.3. The molecule has 2 N–H and O–H groups in total. The van der Waals surface area contributed by atoms with Crippen LogP contribution in [0.15, 0.2) is 18.2 Å². The van der Waals surface area contributed by atoms with E-state index < -0.39 is 0 Å². The highest BCUT2D eigenvalue weighted by Gasteiger charge is 2.17. The Kier molecular flexibility index (Phi) is 3.55. The lowest BCUT2D eigenvalue weighted by Gasteiger charge is -2.23. The summed E-state index contributed by atoms with van der Waals surface area (Å²) < 4.78 is 10.5. The summed E-state index contributed by atoms with van der Waals surface area (Å²) >= 11 is 0. The Morgan fingerprint density at radius 1 is 1.32 bits per heavy atom. The van der Waals surface area contributed by atoms with Gasteiger partial charge in [-0.1, -0.05) is 6.42 Å². The van der Waals surface area contributed by atoms with Gasteiger partial charge in [0.2, 0.25) is 6.79 Å². The Morgan fingerprint density at radius 2 is 2.21 bits per heavy atom. The average molecular weight is 262 g/mol. The molecule has 102 valence electrons. The fraction of sp³-hybridized carbons (Fsp3) is 0.500. The molecule has 0 spiro atoms. The number of nitrogens with one attached hydrogen (secondary N) is 2. The second kappa shape index (κ2) is 5.48. The number of carbonyl (C=O) groups excluding carboxylic acids is 1. The topological polar surface area (TPSA) is 59.6 Å². The minimum Gasteiger partial charge on any atom is -0.454 e. The fourth-order valence-electron chi connectivity index (χ4n) is 2.45. The third kappa shape index (κ3) is 2.81. The summed E-state index contributed by atoms with van der Waals surface area (Å²) in [7, 11) is 0. The van der Waals surface area contributed by atoms with Crippen molar-refractivity contribution in [3.63, 3.8) is 0 Å². The number of ether oxygens (including phenoxy) is 2. The number of carbonyl (C=O) groups is 1. The molecule has 19 heavy (non-hydrogen) atoms. The van der Waals surface area contributed by atoms with Crippen LogP contribution < -0.4 is 20.1 Å². The van der Waals surface area contributed by atoms with Crippen LogP contribution in [0, 0.1) is 0 Å². The summed E-state index contributed by atoms with van der Waals surface area (Å²) in [6.45, 7) is 1.95. The molecule has 1 fully saturated rings. The Labute approximate surface area is 112 Å². The largest absolute Gasteiger partial charge is 0.454 e. The summed E-state index contributed by atoms with van der Waals surface area (Å²) in [4.78, 5) is 12.1. The second-order valence-electron chi connectivity index (χ2n) is 4.92. The molecule has 1 amide bonds. The van der Waals surface area contributed by atoms with Gasteiger partial charge in [0.1, 0.15) is 0 Å². The Bertz CT molecular complexity index is 470. The SMILES string of the molecule is O=C(NC[C@@H]1CCCCN1)c1ccc2c(c1)OCO2. The summed E-state index contributed by atoms with van der Waals surface area (Å²) in [5, 5.41) is 6.37. The molecule has 0 saturated carbocycles. The van der Waals surface area contributed by atoms with E-state index in [4.69, 9.17) is 9.47 Å². The van der Waals surface area contributed by atoms with Crippen LogP contribution in [0.4, 0.5) is 0 Å². The first-order valence-corrected chi connectivity index (χ1v) is 6.74. The monoisotopic (exact) mass is 262 g/mol. The summed E-state index contributed by atoms with van der Waals surface area (Å²) in [5.41, 5.74) is 0.611. The Hall–Kier alpha value is -1.75. The quantitative estimate of drug-likeness (QED) is 0.861. The average Bonchev–Trinajstić information content (AvgIpc) is 2.93. The van der Waals surface area contributed by atoms with Crippen LogP contribution in [0.25, 0.3) is 0 Å². The van der Waals surface area contributed by atoms with Gasteiger partial charge in [0, 0.05) is 18.2 Å². The van der Waals surface area contributed by atoms with Crippen molar-refractivity contribution in [2.75, 3.05) is 19.9 Å². The molecule has 5 nitrogen and oxygen atoms in total. The molecule has 2 aliphatic heterocycles. The zero-order valence-corrected chi connectivity index (χ0v) is 10.8. The first-order valence-electron chi connectivity index (χ1n) is 6.74. The summed E-state index contributed by atoms with van der Waals surface area (Å²) in [6.07, 6.45) is 3.59. The van der Waals surface area contributed by atoms with Gasteiger partial charge < -0.3 is 20.1 Å². The number of hydrogen-bond acceptors (Lipinski definition) is 4. The van der Waals surface area contributed by atoms with Crippen molar-refractivity contribution in [3.8, 4) is 11.5 Å². The minimum atomic E-state index is -0.0642. The third-order valence-corrected chi connectivity index (χ3v) is 3.56. The molecule has 2 aliphatic rings. The fourth-order valence-corrected chi connectivity index (χ4v) is 2.45. The maximum Gasteiger partial charge on any atom is 0.251 e. The summed E-state index contributed by atoms with van der Waals surface area (Å²) in [6, 6.07) is 5.66. The lowest BCUT2D eigenvalue weighted by Crippen LogP contribution is -2.43. The van der Waals surface area contributed by atoms with Crippen molar-refractivity contribution in [3.05, 3.63) is 23.8 Å². The van der Waals surface area contributed by atoms with Crippen LogP contribution in [-0.4, -0.2) is 31.8 Å². The zero-order chi connectivity index (χ0) is 13.1. The smallest absolute Gasteiger partial charge is 0.251 e. The van der Waals surface area contributed by atoms with Gasteiger partial charge in [0.05, 0.1) is 0 Å². The first-order chi connectivity index (χ1) is 9.33. The van der Waals surface area contributed by atoms with Crippen molar-refractivity contribution >= 4 is 5.91 Å². The molecule has 0 unspecified atom stereocenters. The van der Waals surface area contributed by atoms with Crippen molar-refractivity contribution in [1.29, 1.82) is 0 Å². The van der Waals surface area contributed by atoms with E-state index in [-0.39, 0.29) is 12.7 Å². The molecule has 2 heterocycles. The number of rotatable bonds is 3. The van der Waals surface area contributed by atoms with Crippen LogP contribution in [0.1, 0.15) is 29.6 Å². The highest BCUT2D eigenvalue weighted by Crippen LogP contribution is 2.32. The van der Waals surface area contributed by atoms with Crippen molar-refractivity contribution in [2.24, 2.45) is 0 Å². The maximum atomic E-state index is 12.1. The standard InChI is InChI=1S/C14H18N2O3/c17-14(16-8-11-3-1-2-6-15-11)10-4-5-12-13(7-10)19-9-18-12/h4-5,7,11,15H,1-3,6,8-9H2,(H,16,17)/t11-/m0/s1. The van der Waals surface area contributed by atoms with E-state index in [9.17, 15) is 4.79 Å². The van der Waals surface area contributed by atoms with Crippen molar-refractivity contribution in [1.82, 2.24) is 10.6 Å². The predicted molar refractivity (Wildman–Crippen MR) is 70.5 cm³/mol. The van der Waals surface area contributed by atoms with E-state index in [1.807, 2.05) is 0 Å². The Balaban J connectivity index is 1.57. The van der Waals surface area contributed by atoms with E-state index in [1.165, 1.54) is 12.8 Å². The number of amides is 1. The second-order valence-corrected chi connectivity index (χ2v) is 4.92. The van der Waals surface area contributed by atoms with Gasteiger partial charge in [-0.25, -0.2) is 0 Å². The van der Waals surface area contributed by atoms with Gasteiger partial charge in [-0.05, 0) is 37.6 Å². The molecular formula is C14H18N2O3. The van der Waals surface area contributed by atoms with E-state index in [0.717, 1.165) is 13.0 Å². The maximum absolute atomic E-state index is 12.1. The van der Waals surface area contributed by atoms with Gasteiger partial charge in [-0.15, -0.1) is 0 Å².